The first kappa shape index (κ1) is 13.4. The molecule has 0 bridgehead atoms. The van der Waals surface area contributed by atoms with E-state index in [-0.39, 0.29) is 5.69 Å². The third-order valence-corrected chi connectivity index (χ3v) is 3.77. The molecule has 1 aromatic heterocycles. The Morgan fingerprint density at radius 3 is 2.86 bits per heavy atom. The van der Waals surface area contributed by atoms with E-state index < -0.39 is 5.91 Å². The first-order valence-electron chi connectivity index (χ1n) is 6.99. The standard InChI is InChI=1S/C16H18N4O/c1-10-4-7-14-11(9-10)3-2-8-20(14)16-12(17)5-6-13(19-16)15(18)21/h4-7,9H,2-3,8,17H2,1H3,(H2,18,21). The Morgan fingerprint density at radius 2 is 2.10 bits per heavy atom. The fourth-order valence-corrected chi connectivity index (χ4v) is 2.76. The lowest BCUT2D eigenvalue weighted by atomic mass is 9.99. The highest BCUT2D eigenvalue weighted by Crippen LogP contribution is 2.35. The van der Waals surface area contributed by atoms with Crippen LogP contribution in [0.2, 0.25) is 0 Å². The molecule has 4 N–H and O–H groups in total. The predicted octanol–water partition coefficient (Wildman–Crippen LogP) is 2.16. The van der Waals surface area contributed by atoms with E-state index in [0.717, 1.165) is 25.1 Å². The molecule has 21 heavy (non-hydrogen) atoms. The number of aromatic nitrogens is 1. The lowest BCUT2D eigenvalue weighted by Gasteiger charge is -2.31. The molecule has 1 aliphatic heterocycles. The molecule has 0 saturated carbocycles. The Labute approximate surface area is 123 Å². The average Bonchev–Trinajstić information content (AvgIpc) is 2.46. The number of rotatable bonds is 2. The van der Waals surface area contributed by atoms with Gasteiger partial charge in [0.25, 0.3) is 5.91 Å². The van der Waals surface area contributed by atoms with Crippen molar-refractivity contribution in [2.45, 2.75) is 19.8 Å². The SMILES string of the molecule is Cc1ccc2c(c1)CCCN2c1nc(C(N)=O)ccc1N. The van der Waals surface area contributed by atoms with Gasteiger partial charge in [-0.1, -0.05) is 17.7 Å². The lowest BCUT2D eigenvalue weighted by Crippen LogP contribution is -2.27. The van der Waals surface area contributed by atoms with E-state index in [9.17, 15) is 4.79 Å². The van der Waals surface area contributed by atoms with E-state index in [2.05, 4.69) is 35.0 Å². The Morgan fingerprint density at radius 1 is 1.29 bits per heavy atom. The topological polar surface area (TPSA) is 85.2 Å². The van der Waals surface area contributed by atoms with Crippen LogP contribution in [0.3, 0.4) is 0 Å². The molecule has 2 heterocycles. The maximum Gasteiger partial charge on any atom is 0.267 e. The summed E-state index contributed by atoms with van der Waals surface area (Å²) in [6, 6.07) is 9.59. The number of nitrogen functional groups attached to an aromatic ring is 1. The highest BCUT2D eigenvalue weighted by Gasteiger charge is 2.21. The Kier molecular flexibility index (Phi) is 3.25. The van der Waals surface area contributed by atoms with Gasteiger partial charge in [-0.05, 0) is 43.5 Å². The van der Waals surface area contributed by atoms with Crippen LogP contribution in [0.15, 0.2) is 30.3 Å². The monoisotopic (exact) mass is 282 g/mol. The van der Waals surface area contributed by atoms with Gasteiger partial charge in [-0.2, -0.15) is 0 Å². The van der Waals surface area contributed by atoms with Gasteiger partial charge in [-0.15, -0.1) is 0 Å². The molecule has 3 rings (SSSR count). The molecule has 0 radical (unpaired) electrons. The second-order valence-electron chi connectivity index (χ2n) is 5.36. The number of anilines is 3. The number of benzene rings is 1. The summed E-state index contributed by atoms with van der Waals surface area (Å²) >= 11 is 0. The molecule has 0 unspecified atom stereocenters. The van der Waals surface area contributed by atoms with E-state index >= 15 is 0 Å². The van der Waals surface area contributed by atoms with Crippen LogP contribution in [-0.2, 0) is 6.42 Å². The number of primary amides is 1. The van der Waals surface area contributed by atoms with Crippen LogP contribution in [0.25, 0.3) is 0 Å². The number of hydrogen-bond donors (Lipinski definition) is 2. The zero-order valence-electron chi connectivity index (χ0n) is 12.0. The van der Waals surface area contributed by atoms with Gasteiger partial charge in [-0.3, -0.25) is 4.79 Å². The molecule has 5 heteroatoms. The van der Waals surface area contributed by atoms with Crippen LogP contribution < -0.4 is 16.4 Å². The van der Waals surface area contributed by atoms with Crippen LogP contribution in [0.5, 0.6) is 0 Å². The predicted molar refractivity (Wildman–Crippen MR) is 83.7 cm³/mol. The quantitative estimate of drug-likeness (QED) is 0.883. The number of nitrogens with zero attached hydrogens (tertiary/aromatic N) is 2. The molecule has 1 aliphatic rings. The number of pyridine rings is 1. The summed E-state index contributed by atoms with van der Waals surface area (Å²) in [5.74, 6) is 0.0634. The zero-order chi connectivity index (χ0) is 15.0. The Hall–Kier alpha value is -2.56. The van der Waals surface area contributed by atoms with E-state index in [1.54, 1.807) is 12.1 Å². The number of carbonyl (C=O) groups is 1. The summed E-state index contributed by atoms with van der Waals surface area (Å²) in [5, 5.41) is 0. The highest BCUT2D eigenvalue weighted by atomic mass is 16.1. The van der Waals surface area contributed by atoms with Gasteiger partial charge in [0.1, 0.15) is 5.69 Å². The third kappa shape index (κ3) is 2.42. The molecule has 1 amide bonds. The zero-order valence-corrected chi connectivity index (χ0v) is 12.0. The van der Waals surface area contributed by atoms with Gasteiger partial charge < -0.3 is 16.4 Å². The van der Waals surface area contributed by atoms with Crippen LogP contribution >= 0.6 is 0 Å². The highest BCUT2D eigenvalue weighted by molar-refractivity contribution is 5.92. The summed E-state index contributed by atoms with van der Waals surface area (Å²) in [5.41, 5.74) is 15.8. The van der Waals surface area contributed by atoms with E-state index in [1.165, 1.54) is 11.1 Å². The molecule has 1 aromatic carbocycles. The average molecular weight is 282 g/mol. The summed E-state index contributed by atoms with van der Waals surface area (Å²) in [4.78, 5) is 17.8. The van der Waals surface area contributed by atoms with Crippen molar-refractivity contribution in [2.24, 2.45) is 5.73 Å². The summed E-state index contributed by atoms with van der Waals surface area (Å²) in [6.07, 6.45) is 2.07. The second kappa shape index (κ2) is 5.09. The van der Waals surface area contributed by atoms with Crippen molar-refractivity contribution < 1.29 is 4.79 Å². The van der Waals surface area contributed by atoms with Crippen LogP contribution in [0.4, 0.5) is 17.2 Å². The van der Waals surface area contributed by atoms with Crippen LogP contribution in [-0.4, -0.2) is 17.4 Å². The summed E-state index contributed by atoms with van der Waals surface area (Å²) in [6.45, 7) is 2.91. The van der Waals surface area contributed by atoms with E-state index in [4.69, 9.17) is 11.5 Å². The summed E-state index contributed by atoms with van der Waals surface area (Å²) < 4.78 is 0. The summed E-state index contributed by atoms with van der Waals surface area (Å²) in [7, 11) is 0. The fourth-order valence-electron chi connectivity index (χ4n) is 2.76. The molecular weight excluding hydrogens is 264 g/mol. The molecule has 0 aliphatic carbocycles. The Bertz CT molecular complexity index is 711. The maximum absolute atomic E-state index is 11.3. The van der Waals surface area contributed by atoms with E-state index in [1.807, 2.05) is 0 Å². The number of hydrogen-bond acceptors (Lipinski definition) is 4. The smallest absolute Gasteiger partial charge is 0.267 e. The van der Waals surface area contributed by atoms with Gasteiger partial charge in [0.05, 0.1) is 5.69 Å². The first-order chi connectivity index (χ1) is 10.1. The number of carbonyl (C=O) groups excluding carboxylic acids is 1. The molecule has 0 atom stereocenters. The first-order valence-corrected chi connectivity index (χ1v) is 6.99. The number of aryl methyl sites for hydroxylation is 2. The number of amides is 1. The van der Waals surface area contributed by atoms with Crippen molar-refractivity contribution in [1.82, 2.24) is 4.98 Å². The van der Waals surface area contributed by atoms with Crippen LogP contribution in [0, 0.1) is 6.92 Å². The van der Waals surface area contributed by atoms with Crippen molar-refractivity contribution in [1.29, 1.82) is 0 Å². The van der Waals surface area contributed by atoms with Gasteiger partial charge in [0.2, 0.25) is 0 Å². The molecule has 2 aromatic rings. The molecular formula is C16H18N4O. The Balaban J connectivity index is 2.10. The van der Waals surface area contributed by atoms with Crippen molar-refractivity contribution in [3.05, 3.63) is 47.2 Å². The molecule has 0 spiro atoms. The number of nitrogens with two attached hydrogens (primary N) is 2. The van der Waals surface area contributed by atoms with Gasteiger partial charge >= 0.3 is 0 Å². The van der Waals surface area contributed by atoms with Gasteiger partial charge in [-0.25, -0.2) is 4.98 Å². The minimum atomic E-state index is -0.544. The molecule has 0 fully saturated rings. The van der Waals surface area contributed by atoms with Gasteiger partial charge in [0.15, 0.2) is 5.82 Å². The maximum atomic E-state index is 11.3. The van der Waals surface area contributed by atoms with Crippen molar-refractivity contribution >= 4 is 23.1 Å². The largest absolute Gasteiger partial charge is 0.396 e. The minimum absolute atomic E-state index is 0.235. The normalized spacial score (nSPS) is 13.9. The molecule has 0 saturated heterocycles. The second-order valence-corrected chi connectivity index (χ2v) is 5.36. The lowest BCUT2D eigenvalue weighted by molar-refractivity contribution is 0.0995. The molecule has 5 nitrogen and oxygen atoms in total. The van der Waals surface area contributed by atoms with E-state index in [0.29, 0.717) is 11.5 Å². The van der Waals surface area contributed by atoms with Gasteiger partial charge in [0, 0.05) is 12.2 Å². The number of fused-ring (bicyclic) bond motifs is 1. The fraction of sp³-hybridized carbons (Fsp3) is 0.250. The molecule has 108 valence electrons. The van der Waals surface area contributed by atoms with Crippen molar-refractivity contribution in [2.75, 3.05) is 17.2 Å². The minimum Gasteiger partial charge on any atom is -0.396 e. The van der Waals surface area contributed by atoms with Crippen LogP contribution in [0.1, 0.15) is 28.0 Å². The van der Waals surface area contributed by atoms with Crippen molar-refractivity contribution in [3.8, 4) is 0 Å². The third-order valence-electron chi connectivity index (χ3n) is 3.77. The van der Waals surface area contributed by atoms with Crippen molar-refractivity contribution in [3.63, 3.8) is 0 Å².